The predicted octanol–water partition coefficient (Wildman–Crippen LogP) is 3.19. The average Bonchev–Trinajstić information content (AvgIpc) is 2.78. The number of hydrogen-bond acceptors (Lipinski definition) is 4. The monoisotopic (exact) mass is 301 g/mol. The number of para-hydroxylation sites is 1. The first-order chi connectivity index (χ1) is 10.4. The van der Waals surface area contributed by atoms with E-state index in [0.29, 0.717) is 24.7 Å². The van der Waals surface area contributed by atoms with Crippen LogP contribution >= 0.6 is 0 Å². The maximum atomic E-state index is 12.5. The van der Waals surface area contributed by atoms with E-state index < -0.39 is 5.60 Å². The van der Waals surface area contributed by atoms with Crippen LogP contribution in [0.15, 0.2) is 34.9 Å². The smallest absolute Gasteiger partial charge is 0.323 e. The van der Waals surface area contributed by atoms with Crippen LogP contribution < -0.4 is 10.1 Å². The van der Waals surface area contributed by atoms with Crippen molar-refractivity contribution in [3.05, 3.63) is 41.7 Å². The number of aromatic nitrogens is 1. The molecule has 0 fully saturated rings. The van der Waals surface area contributed by atoms with E-state index in [-0.39, 0.29) is 6.03 Å². The lowest BCUT2D eigenvalue weighted by molar-refractivity contribution is 0.0834. The number of hydrogen-bond donors (Lipinski definition) is 1. The standard InChI is InChI=1S/C16H19N3O3/c1-11-8-14(18-22-11)17-15(20)19-9-12-6-4-5-7-13(12)21-16(2,3)10-19/h4-8H,9-10H2,1-3H3,(H,17,18,20). The van der Waals surface area contributed by atoms with Crippen LogP contribution in [0.2, 0.25) is 0 Å². The molecular weight excluding hydrogens is 282 g/mol. The van der Waals surface area contributed by atoms with Gasteiger partial charge in [-0.25, -0.2) is 4.79 Å². The van der Waals surface area contributed by atoms with Crippen molar-refractivity contribution in [1.29, 1.82) is 0 Å². The van der Waals surface area contributed by atoms with Crippen LogP contribution in [-0.2, 0) is 6.54 Å². The summed E-state index contributed by atoms with van der Waals surface area (Å²) in [4.78, 5) is 14.2. The van der Waals surface area contributed by atoms with Gasteiger partial charge in [-0.15, -0.1) is 0 Å². The lowest BCUT2D eigenvalue weighted by atomic mass is 10.1. The van der Waals surface area contributed by atoms with E-state index in [4.69, 9.17) is 9.26 Å². The lowest BCUT2D eigenvalue weighted by Gasteiger charge is -2.29. The maximum Gasteiger partial charge on any atom is 0.323 e. The third-order valence-corrected chi connectivity index (χ3v) is 3.44. The van der Waals surface area contributed by atoms with Gasteiger partial charge >= 0.3 is 6.03 Å². The Labute approximate surface area is 129 Å². The number of carbonyl (C=O) groups excluding carboxylic acids is 1. The normalized spacial score (nSPS) is 16.4. The minimum Gasteiger partial charge on any atom is -0.486 e. The van der Waals surface area contributed by atoms with Crippen molar-refractivity contribution in [2.75, 3.05) is 11.9 Å². The quantitative estimate of drug-likeness (QED) is 0.878. The van der Waals surface area contributed by atoms with E-state index in [1.165, 1.54) is 0 Å². The molecule has 22 heavy (non-hydrogen) atoms. The second kappa shape index (κ2) is 5.36. The molecule has 0 aliphatic carbocycles. The first-order valence-corrected chi connectivity index (χ1v) is 7.19. The molecule has 0 atom stereocenters. The molecule has 2 heterocycles. The van der Waals surface area contributed by atoms with Crippen molar-refractivity contribution in [2.45, 2.75) is 32.9 Å². The van der Waals surface area contributed by atoms with Crippen LogP contribution in [0, 0.1) is 6.92 Å². The lowest BCUT2D eigenvalue weighted by Crippen LogP contribution is -2.44. The van der Waals surface area contributed by atoms with Gasteiger partial charge in [0.25, 0.3) is 0 Å². The Bertz CT molecular complexity index is 693. The second-order valence-corrected chi connectivity index (χ2v) is 6.08. The molecule has 2 aromatic rings. The number of amides is 2. The van der Waals surface area contributed by atoms with Crippen LogP contribution in [0.4, 0.5) is 10.6 Å². The van der Waals surface area contributed by atoms with E-state index >= 15 is 0 Å². The molecule has 6 heteroatoms. The molecule has 1 aliphatic rings. The average molecular weight is 301 g/mol. The Hall–Kier alpha value is -2.50. The minimum absolute atomic E-state index is 0.221. The molecule has 116 valence electrons. The summed E-state index contributed by atoms with van der Waals surface area (Å²) in [6, 6.07) is 9.24. The summed E-state index contributed by atoms with van der Waals surface area (Å²) >= 11 is 0. The van der Waals surface area contributed by atoms with Crippen LogP contribution in [0.25, 0.3) is 0 Å². The van der Waals surface area contributed by atoms with Crippen molar-refractivity contribution in [2.24, 2.45) is 0 Å². The molecular formula is C16H19N3O3. The Morgan fingerprint density at radius 1 is 1.36 bits per heavy atom. The molecule has 3 rings (SSSR count). The first-order valence-electron chi connectivity index (χ1n) is 7.19. The van der Waals surface area contributed by atoms with Crippen molar-refractivity contribution in [1.82, 2.24) is 10.1 Å². The molecule has 0 radical (unpaired) electrons. The van der Waals surface area contributed by atoms with Gasteiger partial charge in [-0.2, -0.15) is 0 Å². The van der Waals surface area contributed by atoms with E-state index in [9.17, 15) is 4.79 Å². The fraction of sp³-hybridized carbons (Fsp3) is 0.375. The minimum atomic E-state index is -0.469. The number of nitrogens with one attached hydrogen (secondary N) is 1. The zero-order valence-electron chi connectivity index (χ0n) is 12.9. The molecule has 0 saturated carbocycles. The van der Waals surface area contributed by atoms with Crippen LogP contribution in [0.3, 0.4) is 0 Å². The molecule has 1 aliphatic heterocycles. The van der Waals surface area contributed by atoms with Crippen molar-refractivity contribution >= 4 is 11.8 Å². The molecule has 1 aromatic carbocycles. The molecule has 0 unspecified atom stereocenters. The number of carbonyl (C=O) groups is 1. The summed E-state index contributed by atoms with van der Waals surface area (Å²) in [5.74, 6) is 1.89. The van der Waals surface area contributed by atoms with Crippen molar-refractivity contribution in [3.63, 3.8) is 0 Å². The van der Waals surface area contributed by atoms with Crippen molar-refractivity contribution in [3.8, 4) is 5.75 Å². The van der Waals surface area contributed by atoms with Gasteiger partial charge in [0.15, 0.2) is 5.82 Å². The van der Waals surface area contributed by atoms with E-state index in [2.05, 4.69) is 10.5 Å². The number of rotatable bonds is 1. The summed E-state index contributed by atoms with van der Waals surface area (Å²) in [5, 5.41) is 6.55. The largest absolute Gasteiger partial charge is 0.486 e. The summed E-state index contributed by atoms with van der Waals surface area (Å²) in [6.45, 7) is 6.68. The van der Waals surface area contributed by atoms with E-state index in [1.807, 2.05) is 38.1 Å². The van der Waals surface area contributed by atoms with Gasteiger partial charge in [-0.1, -0.05) is 23.4 Å². The number of benzene rings is 1. The SMILES string of the molecule is Cc1cc(NC(=O)N2Cc3ccccc3OC(C)(C)C2)no1. The highest BCUT2D eigenvalue weighted by Gasteiger charge is 2.31. The topological polar surface area (TPSA) is 67.6 Å². The molecule has 1 N–H and O–H groups in total. The Morgan fingerprint density at radius 2 is 2.14 bits per heavy atom. The van der Waals surface area contributed by atoms with Gasteiger partial charge in [-0.05, 0) is 26.8 Å². The summed E-state index contributed by atoms with van der Waals surface area (Å²) in [7, 11) is 0. The fourth-order valence-corrected chi connectivity index (χ4v) is 2.54. The zero-order valence-corrected chi connectivity index (χ0v) is 12.9. The van der Waals surface area contributed by atoms with E-state index in [1.54, 1.807) is 17.9 Å². The number of nitrogens with zero attached hydrogens (tertiary/aromatic N) is 2. The number of ether oxygens (including phenoxy) is 1. The highest BCUT2D eigenvalue weighted by molar-refractivity contribution is 5.88. The maximum absolute atomic E-state index is 12.5. The Morgan fingerprint density at radius 3 is 2.86 bits per heavy atom. The number of fused-ring (bicyclic) bond motifs is 1. The van der Waals surface area contributed by atoms with Gasteiger partial charge in [0.2, 0.25) is 0 Å². The molecule has 1 aromatic heterocycles. The van der Waals surface area contributed by atoms with Gasteiger partial charge in [0.1, 0.15) is 17.1 Å². The third-order valence-electron chi connectivity index (χ3n) is 3.44. The van der Waals surface area contributed by atoms with Gasteiger partial charge in [0.05, 0.1) is 13.1 Å². The Balaban J connectivity index is 1.82. The molecule has 6 nitrogen and oxygen atoms in total. The number of aryl methyl sites for hydroxylation is 1. The van der Waals surface area contributed by atoms with Crippen molar-refractivity contribution < 1.29 is 14.1 Å². The number of anilines is 1. The summed E-state index contributed by atoms with van der Waals surface area (Å²) < 4.78 is 11.0. The zero-order chi connectivity index (χ0) is 15.7. The fourth-order valence-electron chi connectivity index (χ4n) is 2.54. The van der Waals surface area contributed by atoms with Gasteiger partial charge < -0.3 is 14.2 Å². The third kappa shape index (κ3) is 3.05. The summed E-state index contributed by atoms with van der Waals surface area (Å²) in [6.07, 6.45) is 0. The van der Waals surface area contributed by atoms with Gasteiger partial charge in [0, 0.05) is 11.6 Å². The second-order valence-electron chi connectivity index (χ2n) is 6.08. The van der Waals surface area contributed by atoms with Gasteiger partial charge in [-0.3, -0.25) is 5.32 Å². The van der Waals surface area contributed by atoms with E-state index in [0.717, 1.165) is 11.3 Å². The molecule has 0 spiro atoms. The highest BCUT2D eigenvalue weighted by Crippen LogP contribution is 2.29. The first kappa shape index (κ1) is 14.4. The highest BCUT2D eigenvalue weighted by atomic mass is 16.5. The Kier molecular flexibility index (Phi) is 3.52. The molecule has 0 bridgehead atoms. The predicted molar refractivity (Wildman–Crippen MR) is 81.8 cm³/mol. The number of urea groups is 1. The summed E-state index contributed by atoms with van der Waals surface area (Å²) in [5.41, 5.74) is 0.517. The van der Waals surface area contributed by atoms with Crippen LogP contribution in [0.1, 0.15) is 25.2 Å². The molecule has 2 amide bonds. The van der Waals surface area contributed by atoms with Crippen LogP contribution in [0.5, 0.6) is 5.75 Å². The van der Waals surface area contributed by atoms with Crippen LogP contribution in [-0.4, -0.2) is 28.2 Å². The molecule has 0 saturated heterocycles.